The zero-order valence-electron chi connectivity index (χ0n) is 8.17. The molecule has 5 nitrogen and oxygen atoms in total. The number of ether oxygens (including phenoxy) is 4. The van der Waals surface area contributed by atoms with Crippen LogP contribution in [0.3, 0.4) is 0 Å². The normalized spacial score (nSPS) is 54.6. The first kappa shape index (κ1) is 9.06. The van der Waals surface area contributed by atoms with Gasteiger partial charge in [-0.3, -0.25) is 0 Å². The summed E-state index contributed by atoms with van der Waals surface area (Å²) in [6.07, 6.45) is -1.62. The fourth-order valence-corrected chi connectivity index (χ4v) is 2.31. The molecule has 0 spiro atoms. The van der Waals surface area contributed by atoms with Crippen LogP contribution < -0.4 is 0 Å². The Bertz CT molecular complexity index is 254. The van der Waals surface area contributed by atoms with Gasteiger partial charge in [-0.25, -0.2) is 0 Å². The molecule has 3 saturated heterocycles. The Balaban J connectivity index is 1.80. The van der Waals surface area contributed by atoms with E-state index in [0.29, 0.717) is 6.61 Å². The molecule has 3 rings (SSSR count). The van der Waals surface area contributed by atoms with Gasteiger partial charge in [0.05, 0.1) is 6.61 Å². The molecular formula is C9H14O5. The van der Waals surface area contributed by atoms with E-state index < -0.39 is 18.2 Å². The number of rotatable bonds is 0. The summed E-state index contributed by atoms with van der Waals surface area (Å²) in [6, 6.07) is 0. The molecule has 0 aliphatic carbocycles. The number of aliphatic hydroxyl groups excluding tert-OH is 1. The van der Waals surface area contributed by atoms with Crippen LogP contribution >= 0.6 is 0 Å². The minimum absolute atomic E-state index is 0.184. The molecular weight excluding hydrogens is 188 g/mol. The molecule has 80 valence electrons. The molecule has 5 heteroatoms. The average Bonchev–Trinajstić information content (AvgIpc) is 2.63. The molecule has 0 aromatic heterocycles. The second-order valence-corrected chi connectivity index (χ2v) is 4.43. The Kier molecular flexibility index (Phi) is 1.73. The topological polar surface area (TPSA) is 57.2 Å². The molecule has 0 aromatic carbocycles. The van der Waals surface area contributed by atoms with Crippen LogP contribution in [0.25, 0.3) is 0 Å². The highest BCUT2D eigenvalue weighted by Gasteiger charge is 2.59. The first-order chi connectivity index (χ1) is 6.57. The number of hydrogen-bond donors (Lipinski definition) is 1. The summed E-state index contributed by atoms with van der Waals surface area (Å²) < 4.78 is 22.1. The molecule has 0 aromatic rings. The summed E-state index contributed by atoms with van der Waals surface area (Å²) >= 11 is 0. The molecule has 3 fully saturated rings. The van der Waals surface area contributed by atoms with Crippen molar-refractivity contribution in [2.45, 2.75) is 50.3 Å². The summed E-state index contributed by atoms with van der Waals surface area (Å²) in [4.78, 5) is 0. The Hall–Kier alpha value is -0.200. The van der Waals surface area contributed by atoms with Gasteiger partial charge in [-0.05, 0) is 13.8 Å². The van der Waals surface area contributed by atoms with E-state index in [-0.39, 0.29) is 18.3 Å². The molecule has 0 radical (unpaired) electrons. The summed E-state index contributed by atoms with van der Waals surface area (Å²) in [5, 5.41) is 9.52. The second kappa shape index (κ2) is 2.68. The molecule has 0 amide bonds. The zero-order valence-corrected chi connectivity index (χ0v) is 8.17. The van der Waals surface area contributed by atoms with Crippen molar-refractivity contribution in [3.8, 4) is 0 Å². The van der Waals surface area contributed by atoms with E-state index in [1.165, 1.54) is 0 Å². The van der Waals surface area contributed by atoms with Crippen LogP contribution in [0.5, 0.6) is 0 Å². The molecule has 3 heterocycles. The first-order valence-corrected chi connectivity index (χ1v) is 4.88. The summed E-state index contributed by atoms with van der Waals surface area (Å²) in [6.45, 7) is 4.01. The van der Waals surface area contributed by atoms with E-state index in [1.807, 2.05) is 13.8 Å². The van der Waals surface area contributed by atoms with Gasteiger partial charge in [-0.2, -0.15) is 0 Å². The van der Waals surface area contributed by atoms with E-state index in [9.17, 15) is 5.11 Å². The highest BCUT2D eigenvalue weighted by atomic mass is 16.8. The molecule has 0 saturated carbocycles. The molecule has 14 heavy (non-hydrogen) atoms. The molecule has 3 aliphatic heterocycles. The van der Waals surface area contributed by atoms with Gasteiger partial charge in [0.15, 0.2) is 12.1 Å². The van der Waals surface area contributed by atoms with Crippen molar-refractivity contribution >= 4 is 0 Å². The Morgan fingerprint density at radius 3 is 2.71 bits per heavy atom. The van der Waals surface area contributed by atoms with Crippen LogP contribution in [0.15, 0.2) is 0 Å². The van der Waals surface area contributed by atoms with Crippen molar-refractivity contribution < 1.29 is 24.1 Å². The smallest absolute Gasteiger partial charge is 0.190 e. The Labute approximate surface area is 81.9 Å². The van der Waals surface area contributed by atoms with Crippen molar-refractivity contribution in [1.82, 2.24) is 0 Å². The maximum absolute atomic E-state index is 9.52. The first-order valence-electron chi connectivity index (χ1n) is 4.88. The van der Waals surface area contributed by atoms with Gasteiger partial charge in [-0.15, -0.1) is 0 Å². The van der Waals surface area contributed by atoms with Crippen LogP contribution in [0.4, 0.5) is 0 Å². The van der Waals surface area contributed by atoms with Gasteiger partial charge < -0.3 is 24.1 Å². The van der Waals surface area contributed by atoms with Crippen LogP contribution in [0, 0.1) is 0 Å². The molecule has 5 atom stereocenters. The van der Waals surface area contributed by atoms with Crippen molar-refractivity contribution in [1.29, 1.82) is 0 Å². The largest absolute Gasteiger partial charge is 0.388 e. The van der Waals surface area contributed by atoms with Crippen molar-refractivity contribution in [3.63, 3.8) is 0 Å². The lowest BCUT2D eigenvalue weighted by atomic mass is 10.1. The van der Waals surface area contributed by atoms with Gasteiger partial charge in [0.1, 0.15) is 24.4 Å². The average molecular weight is 202 g/mol. The SMILES string of the molecule is CC1(C)O[C@@H]2O[C@H]3[C@H](OC[C@H]3O)[C@@H]2O1. The highest BCUT2D eigenvalue weighted by Crippen LogP contribution is 2.41. The Morgan fingerprint density at radius 1 is 1.14 bits per heavy atom. The highest BCUT2D eigenvalue weighted by molar-refractivity contribution is 5.00. The lowest BCUT2D eigenvalue weighted by Crippen LogP contribution is -2.35. The maximum atomic E-state index is 9.52. The summed E-state index contributed by atoms with van der Waals surface area (Å²) in [5.74, 6) is -0.614. The quantitative estimate of drug-likeness (QED) is 0.580. The predicted molar refractivity (Wildman–Crippen MR) is 44.4 cm³/mol. The van der Waals surface area contributed by atoms with Gasteiger partial charge in [0.25, 0.3) is 0 Å². The van der Waals surface area contributed by atoms with E-state index >= 15 is 0 Å². The molecule has 0 unspecified atom stereocenters. The van der Waals surface area contributed by atoms with Gasteiger partial charge in [0, 0.05) is 0 Å². The third-order valence-electron chi connectivity index (χ3n) is 2.87. The van der Waals surface area contributed by atoms with Crippen molar-refractivity contribution in [2.75, 3.05) is 6.61 Å². The standard InChI is InChI=1S/C9H14O5/c1-9(2)13-7-6-5(4(10)3-11-6)12-8(7)14-9/h4-8,10H,3H2,1-2H3/t4-,5-,6+,7+,8+/m1/s1. The van der Waals surface area contributed by atoms with E-state index in [4.69, 9.17) is 18.9 Å². The minimum atomic E-state index is -0.614. The number of aliphatic hydroxyl groups is 1. The molecule has 1 N–H and O–H groups in total. The maximum Gasteiger partial charge on any atom is 0.190 e. The van der Waals surface area contributed by atoms with E-state index in [0.717, 1.165) is 0 Å². The van der Waals surface area contributed by atoms with Crippen LogP contribution in [0.1, 0.15) is 13.8 Å². The van der Waals surface area contributed by atoms with E-state index in [2.05, 4.69) is 0 Å². The van der Waals surface area contributed by atoms with Crippen molar-refractivity contribution in [2.24, 2.45) is 0 Å². The fourth-order valence-electron chi connectivity index (χ4n) is 2.31. The van der Waals surface area contributed by atoms with Crippen LogP contribution in [-0.2, 0) is 18.9 Å². The number of hydrogen-bond acceptors (Lipinski definition) is 5. The third kappa shape index (κ3) is 1.14. The van der Waals surface area contributed by atoms with Crippen LogP contribution in [-0.4, -0.2) is 48.2 Å². The van der Waals surface area contributed by atoms with E-state index in [1.54, 1.807) is 0 Å². The lowest BCUT2D eigenvalue weighted by molar-refractivity contribution is -0.214. The molecule has 3 aliphatic rings. The van der Waals surface area contributed by atoms with Crippen LogP contribution in [0.2, 0.25) is 0 Å². The molecule has 0 bridgehead atoms. The van der Waals surface area contributed by atoms with Gasteiger partial charge in [-0.1, -0.05) is 0 Å². The second-order valence-electron chi connectivity index (χ2n) is 4.43. The fraction of sp³-hybridized carbons (Fsp3) is 1.00. The number of fused-ring (bicyclic) bond motifs is 3. The lowest BCUT2D eigenvalue weighted by Gasteiger charge is -2.21. The van der Waals surface area contributed by atoms with Gasteiger partial charge in [0.2, 0.25) is 0 Å². The summed E-state index contributed by atoms with van der Waals surface area (Å²) in [7, 11) is 0. The third-order valence-corrected chi connectivity index (χ3v) is 2.87. The minimum Gasteiger partial charge on any atom is -0.388 e. The monoisotopic (exact) mass is 202 g/mol. The Morgan fingerprint density at radius 2 is 1.93 bits per heavy atom. The predicted octanol–water partition coefficient (Wildman–Crippen LogP) is -0.378. The summed E-state index contributed by atoms with van der Waals surface area (Å²) in [5.41, 5.74) is 0. The van der Waals surface area contributed by atoms with Gasteiger partial charge >= 0.3 is 0 Å². The zero-order chi connectivity index (χ0) is 9.92. The van der Waals surface area contributed by atoms with Crippen molar-refractivity contribution in [3.05, 3.63) is 0 Å².